The highest BCUT2D eigenvalue weighted by Gasteiger charge is 2.15. The molecule has 0 radical (unpaired) electrons. The number of hydrogen-bond donors (Lipinski definition) is 1. The van der Waals surface area contributed by atoms with Crippen LogP contribution in [0.1, 0.15) is 42.9 Å². The van der Waals surface area contributed by atoms with Crippen LogP contribution in [0, 0.1) is 6.92 Å². The number of carboxylic acids is 1. The van der Waals surface area contributed by atoms with E-state index in [2.05, 4.69) is 23.8 Å². The minimum absolute atomic E-state index is 0.0445. The first-order valence-corrected chi connectivity index (χ1v) is 5.77. The summed E-state index contributed by atoms with van der Waals surface area (Å²) < 4.78 is 0. The van der Waals surface area contributed by atoms with Crippen LogP contribution < -0.4 is 4.90 Å². The molecular formula is C12H19N3O2. The van der Waals surface area contributed by atoms with Gasteiger partial charge in [-0.25, -0.2) is 14.8 Å². The van der Waals surface area contributed by atoms with Crippen molar-refractivity contribution < 1.29 is 9.90 Å². The Labute approximate surface area is 102 Å². The summed E-state index contributed by atoms with van der Waals surface area (Å²) in [6, 6.07) is 1.77. The third-order valence-electron chi connectivity index (χ3n) is 2.74. The van der Waals surface area contributed by atoms with E-state index in [9.17, 15) is 4.79 Å². The molecule has 1 atom stereocenters. The Morgan fingerprint density at radius 3 is 2.71 bits per heavy atom. The molecule has 0 saturated carbocycles. The fourth-order valence-electron chi connectivity index (χ4n) is 1.63. The molecule has 1 N–H and O–H groups in total. The monoisotopic (exact) mass is 237 g/mol. The summed E-state index contributed by atoms with van der Waals surface area (Å²) in [7, 11) is 1.89. The van der Waals surface area contributed by atoms with Crippen molar-refractivity contribution in [2.24, 2.45) is 0 Å². The predicted octanol–water partition coefficient (Wildman–Crippen LogP) is 2.11. The summed E-state index contributed by atoms with van der Waals surface area (Å²) in [5.74, 6) is -0.545. The highest BCUT2D eigenvalue weighted by molar-refractivity contribution is 5.85. The van der Waals surface area contributed by atoms with Crippen molar-refractivity contribution in [2.45, 2.75) is 39.7 Å². The Kier molecular flexibility index (Phi) is 4.43. The van der Waals surface area contributed by atoms with Gasteiger partial charge in [-0.1, -0.05) is 13.3 Å². The van der Waals surface area contributed by atoms with Gasteiger partial charge >= 0.3 is 5.97 Å². The van der Waals surface area contributed by atoms with E-state index in [1.165, 1.54) is 6.07 Å². The molecule has 5 nitrogen and oxygen atoms in total. The molecule has 0 bridgehead atoms. The average Bonchev–Trinajstić information content (AvgIpc) is 2.27. The van der Waals surface area contributed by atoms with Gasteiger partial charge in [0.15, 0.2) is 5.69 Å². The number of rotatable bonds is 5. The molecule has 1 unspecified atom stereocenters. The molecule has 94 valence electrons. The van der Waals surface area contributed by atoms with Crippen LogP contribution in [0.25, 0.3) is 0 Å². The van der Waals surface area contributed by atoms with Crippen molar-refractivity contribution in [3.63, 3.8) is 0 Å². The lowest BCUT2D eigenvalue weighted by molar-refractivity contribution is 0.0690. The summed E-state index contributed by atoms with van der Waals surface area (Å²) in [5.41, 5.74) is 0.714. The van der Waals surface area contributed by atoms with E-state index in [-0.39, 0.29) is 5.69 Å². The summed E-state index contributed by atoms with van der Waals surface area (Å²) in [6.45, 7) is 5.97. The van der Waals surface area contributed by atoms with Crippen molar-refractivity contribution in [3.8, 4) is 0 Å². The van der Waals surface area contributed by atoms with E-state index in [1.54, 1.807) is 6.92 Å². The number of nitrogens with zero attached hydrogens (tertiary/aromatic N) is 3. The van der Waals surface area contributed by atoms with Crippen LogP contribution in [0.5, 0.6) is 0 Å². The maximum atomic E-state index is 10.9. The molecule has 0 spiro atoms. The maximum Gasteiger partial charge on any atom is 0.354 e. The smallest absolute Gasteiger partial charge is 0.354 e. The zero-order valence-electron chi connectivity index (χ0n) is 10.8. The number of aryl methyl sites for hydroxylation is 1. The zero-order valence-corrected chi connectivity index (χ0v) is 10.8. The van der Waals surface area contributed by atoms with E-state index in [0.717, 1.165) is 12.8 Å². The zero-order chi connectivity index (χ0) is 13.0. The molecule has 1 rings (SSSR count). The highest BCUT2D eigenvalue weighted by atomic mass is 16.4. The Hall–Kier alpha value is -1.65. The predicted molar refractivity (Wildman–Crippen MR) is 66.5 cm³/mol. The second-order valence-electron chi connectivity index (χ2n) is 4.25. The Balaban J connectivity index is 3.01. The van der Waals surface area contributed by atoms with Crippen LogP contribution >= 0.6 is 0 Å². The number of carbonyl (C=O) groups is 1. The van der Waals surface area contributed by atoms with Gasteiger partial charge in [-0.3, -0.25) is 0 Å². The quantitative estimate of drug-likeness (QED) is 0.849. The lowest BCUT2D eigenvalue weighted by Gasteiger charge is -2.24. The van der Waals surface area contributed by atoms with Gasteiger partial charge in [0.05, 0.1) is 0 Å². The molecule has 0 aliphatic rings. The maximum absolute atomic E-state index is 10.9. The molecule has 1 heterocycles. The lowest BCUT2D eigenvalue weighted by atomic mass is 10.2. The van der Waals surface area contributed by atoms with Crippen LogP contribution in [-0.4, -0.2) is 34.1 Å². The van der Waals surface area contributed by atoms with Crippen molar-refractivity contribution in [2.75, 3.05) is 11.9 Å². The summed E-state index contributed by atoms with van der Waals surface area (Å²) >= 11 is 0. The van der Waals surface area contributed by atoms with Gasteiger partial charge in [0.2, 0.25) is 5.95 Å². The van der Waals surface area contributed by atoms with Crippen molar-refractivity contribution in [1.29, 1.82) is 0 Å². The van der Waals surface area contributed by atoms with Crippen molar-refractivity contribution in [3.05, 3.63) is 17.5 Å². The molecule has 0 amide bonds. The van der Waals surface area contributed by atoms with E-state index in [4.69, 9.17) is 5.11 Å². The van der Waals surface area contributed by atoms with Crippen LogP contribution in [0.4, 0.5) is 5.95 Å². The summed E-state index contributed by atoms with van der Waals surface area (Å²) in [4.78, 5) is 21.2. The summed E-state index contributed by atoms with van der Waals surface area (Å²) in [5, 5.41) is 8.95. The molecule has 0 saturated heterocycles. The molecule has 17 heavy (non-hydrogen) atoms. The first kappa shape index (κ1) is 13.4. The standard InChI is InChI=1S/C12H19N3O2/c1-5-6-9(3)15(4)12-13-8(2)7-10(14-12)11(16)17/h7,9H,5-6H2,1-4H3,(H,16,17). The lowest BCUT2D eigenvalue weighted by Crippen LogP contribution is -2.30. The van der Waals surface area contributed by atoms with E-state index >= 15 is 0 Å². The number of aromatic carboxylic acids is 1. The normalized spacial score (nSPS) is 12.2. The van der Waals surface area contributed by atoms with E-state index in [0.29, 0.717) is 17.7 Å². The Morgan fingerprint density at radius 1 is 1.53 bits per heavy atom. The third kappa shape index (κ3) is 3.41. The number of hydrogen-bond acceptors (Lipinski definition) is 4. The minimum atomic E-state index is -1.02. The second kappa shape index (κ2) is 5.61. The number of carboxylic acid groups (broad SMARTS) is 1. The largest absolute Gasteiger partial charge is 0.477 e. The highest BCUT2D eigenvalue weighted by Crippen LogP contribution is 2.14. The van der Waals surface area contributed by atoms with Crippen molar-refractivity contribution in [1.82, 2.24) is 9.97 Å². The van der Waals surface area contributed by atoms with Gasteiger partial charge in [0.25, 0.3) is 0 Å². The van der Waals surface area contributed by atoms with Crippen molar-refractivity contribution >= 4 is 11.9 Å². The topological polar surface area (TPSA) is 66.3 Å². The first-order valence-electron chi connectivity index (χ1n) is 5.77. The molecule has 1 aromatic rings. The van der Waals surface area contributed by atoms with Crippen LogP contribution in [0.15, 0.2) is 6.07 Å². The van der Waals surface area contributed by atoms with Gasteiger partial charge in [0, 0.05) is 18.8 Å². The van der Waals surface area contributed by atoms with Gasteiger partial charge in [-0.2, -0.15) is 0 Å². The molecule has 0 aromatic carbocycles. The fraction of sp³-hybridized carbons (Fsp3) is 0.583. The first-order chi connectivity index (χ1) is 7.95. The average molecular weight is 237 g/mol. The Morgan fingerprint density at radius 2 is 2.18 bits per heavy atom. The summed E-state index contributed by atoms with van der Waals surface area (Å²) in [6.07, 6.45) is 2.10. The van der Waals surface area contributed by atoms with Gasteiger partial charge in [-0.15, -0.1) is 0 Å². The van der Waals surface area contributed by atoms with Gasteiger partial charge in [0.1, 0.15) is 0 Å². The van der Waals surface area contributed by atoms with Gasteiger partial charge in [-0.05, 0) is 26.3 Å². The minimum Gasteiger partial charge on any atom is -0.477 e. The van der Waals surface area contributed by atoms with Crippen LogP contribution in [0.3, 0.4) is 0 Å². The second-order valence-corrected chi connectivity index (χ2v) is 4.25. The fourth-order valence-corrected chi connectivity index (χ4v) is 1.63. The van der Waals surface area contributed by atoms with E-state index in [1.807, 2.05) is 11.9 Å². The molecule has 0 fully saturated rings. The van der Waals surface area contributed by atoms with E-state index < -0.39 is 5.97 Å². The third-order valence-corrected chi connectivity index (χ3v) is 2.74. The van der Waals surface area contributed by atoms with Crippen LogP contribution in [-0.2, 0) is 0 Å². The molecule has 5 heteroatoms. The van der Waals surface area contributed by atoms with Gasteiger partial charge < -0.3 is 10.0 Å². The molecule has 1 aromatic heterocycles. The SMILES string of the molecule is CCCC(C)N(C)c1nc(C)cc(C(=O)O)n1. The number of anilines is 1. The number of aromatic nitrogens is 2. The molecule has 0 aliphatic heterocycles. The Bertz CT molecular complexity index is 407. The molecule has 0 aliphatic carbocycles. The van der Waals surface area contributed by atoms with Crippen LogP contribution in [0.2, 0.25) is 0 Å². The molecular weight excluding hydrogens is 218 g/mol.